The first-order chi connectivity index (χ1) is 16.6. The molecule has 2 fully saturated rings. The van der Waals surface area contributed by atoms with E-state index in [9.17, 15) is 4.79 Å². The molecule has 1 saturated carbocycles. The number of aromatic nitrogens is 5. The minimum absolute atomic E-state index is 0.248. The maximum Gasteiger partial charge on any atom is 0.258 e. The van der Waals surface area contributed by atoms with Crippen molar-refractivity contribution in [1.82, 2.24) is 29.4 Å². The van der Waals surface area contributed by atoms with E-state index in [1.165, 1.54) is 12.8 Å². The molecule has 0 bridgehead atoms. The van der Waals surface area contributed by atoms with E-state index in [1.807, 2.05) is 42.1 Å². The van der Waals surface area contributed by atoms with Crippen LogP contribution in [0.2, 0.25) is 0 Å². The Morgan fingerprint density at radius 1 is 1.03 bits per heavy atom. The Morgan fingerprint density at radius 2 is 1.88 bits per heavy atom. The highest BCUT2D eigenvalue weighted by atomic mass is 16.1. The molecule has 172 valence electrons. The minimum Gasteiger partial charge on any atom is -0.354 e. The number of amides is 1. The third-order valence-electron chi connectivity index (χ3n) is 6.63. The van der Waals surface area contributed by atoms with Gasteiger partial charge in [-0.2, -0.15) is 0 Å². The summed E-state index contributed by atoms with van der Waals surface area (Å²) in [6.45, 7) is 3.96. The van der Waals surface area contributed by atoms with E-state index < -0.39 is 0 Å². The highest BCUT2D eigenvalue weighted by Gasteiger charge is 2.31. The third-order valence-corrected chi connectivity index (χ3v) is 6.63. The zero-order valence-electron chi connectivity index (χ0n) is 19.1. The average molecular weight is 455 g/mol. The van der Waals surface area contributed by atoms with Gasteiger partial charge in [-0.1, -0.05) is 12.1 Å². The van der Waals surface area contributed by atoms with Crippen molar-refractivity contribution in [3.8, 4) is 11.3 Å². The molecule has 1 aromatic carbocycles. The monoisotopic (exact) mass is 454 g/mol. The molecule has 1 aliphatic carbocycles. The molecule has 4 aromatic rings. The lowest BCUT2D eigenvalue weighted by molar-refractivity contribution is 0.102. The Labute approximate surface area is 197 Å². The number of rotatable bonds is 5. The molecule has 0 radical (unpaired) electrons. The van der Waals surface area contributed by atoms with Crippen molar-refractivity contribution in [3.05, 3.63) is 60.8 Å². The fraction of sp³-hybridized carbons (Fsp3) is 0.320. The lowest BCUT2D eigenvalue weighted by Gasteiger charge is -2.35. The van der Waals surface area contributed by atoms with Crippen LogP contribution in [0.1, 0.15) is 23.2 Å². The van der Waals surface area contributed by atoms with Crippen LogP contribution in [-0.2, 0) is 7.05 Å². The molecule has 1 aliphatic heterocycles. The topological polar surface area (TPSA) is 92.1 Å². The van der Waals surface area contributed by atoms with Gasteiger partial charge in [0.05, 0.1) is 23.7 Å². The molecular formula is C25H26N8O. The van der Waals surface area contributed by atoms with E-state index in [0.717, 1.165) is 60.2 Å². The quantitative estimate of drug-likeness (QED) is 0.496. The molecule has 3 aromatic heterocycles. The summed E-state index contributed by atoms with van der Waals surface area (Å²) in [5, 5.41) is 3.75. The first-order valence-corrected chi connectivity index (χ1v) is 11.6. The van der Waals surface area contributed by atoms with Gasteiger partial charge in [-0.05, 0) is 31.0 Å². The van der Waals surface area contributed by atoms with Crippen LogP contribution in [-0.4, -0.2) is 67.5 Å². The molecule has 6 rings (SSSR count). The summed E-state index contributed by atoms with van der Waals surface area (Å²) < 4.78 is 1.96. The highest BCUT2D eigenvalue weighted by molar-refractivity contribution is 6.04. The summed E-state index contributed by atoms with van der Waals surface area (Å²) in [4.78, 5) is 35.4. The van der Waals surface area contributed by atoms with Crippen molar-refractivity contribution in [2.75, 3.05) is 36.4 Å². The Hall–Kier alpha value is -3.85. The molecule has 1 saturated heterocycles. The number of fused-ring (bicyclic) bond motifs is 1. The zero-order valence-corrected chi connectivity index (χ0v) is 19.1. The smallest absolute Gasteiger partial charge is 0.258 e. The zero-order chi connectivity index (χ0) is 23.1. The van der Waals surface area contributed by atoms with Crippen LogP contribution in [0.4, 0.5) is 11.8 Å². The first kappa shape index (κ1) is 20.7. The van der Waals surface area contributed by atoms with Gasteiger partial charge in [0.25, 0.3) is 5.91 Å². The van der Waals surface area contributed by atoms with Gasteiger partial charge >= 0.3 is 0 Å². The maximum atomic E-state index is 13.0. The van der Waals surface area contributed by atoms with Crippen LogP contribution < -0.4 is 10.2 Å². The molecule has 0 atom stereocenters. The second-order valence-electron chi connectivity index (χ2n) is 8.97. The van der Waals surface area contributed by atoms with Gasteiger partial charge in [0.2, 0.25) is 5.95 Å². The number of imidazole rings is 1. The number of anilines is 2. The number of pyridine rings is 1. The number of nitrogens with one attached hydrogen (secondary N) is 1. The van der Waals surface area contributed by atoms with Crippen molar-refractivity contribution in [2.45, 2.75) is 18.9 Å². The van der Waals surface area contributed by atoms with E-state index in [-0.39, 0.29) is 11.9 Å². The Kier molecular flexibility index (Phi) is 5.18. The molecule has 1 N–H and O–H groups in total. The van der Waals surface area contributed by atoms with Crippen LogP contribution in [0, 0.1) is 0 Å². The summed E-state index contributed by atoms with van der Waals surface area (Å²) in [5.41, 5.74) is 3.30. The van der Waals surface area contributed by atoms with Crippen LogP contribution >= 0.6 is 0 Å². The van der Waals surface area contributed by atoms with Gasteiger partial charge in [-0.15, -0.1) is 0 Å². The number of benzene rings is 1. The Bertz CT molecular complexity index is 1350. The molecular weight excluding hydrogens is 428 g/mol. The molecule has 34 heavy (non-hydrogen) atoms. The lowest BCUT2D eigenvalue weighted by Crippen LogP contribution is -2.47. The fourth-order valence-electron chi connectivity index (χ4n) is 4.54. The van der Waals surface area contributed by atoms with Crippen LogP contribution in [0.3, 0.4) is 0 Å². The van der Waals surface area contributed by atoms with Gasteiger partial charge < -0.3 is 9.47 Å². The van der Waals surface area contributed by atoms with Crippen molar-refractivity contribution in [3.63, 3.8) is 0 Å². The molecule has 4 heterocycles. The molecule has 9 heteroatoms. The normalized spacial score (nSPS) is 16.7. The summed E-state index contributed by atoms with van der Waals surface area (Å²) in [6, 6.07) is 10.3. The molecule has 0 spiro atoms. The predicted octanol–water partition coefficient (Wildman–Crippen LogP) is 2.96. The highest BCUT2D eigenvalue weighted by Crippen LogP contribution is 2.28. The number of piperazine rings is 1. The van der Waals surface area contributed by atoms with Gasteiger partial charge in [0.15, 0.2) is 0 Å². The molecule has 9 nitrogen and oxygen atoms in total. The van der Waals surface area contributed by atoms with Crippen molar-refractivity contribution in [1.29, 1.82) is 0 Å². The van der Waals surface area contributed by atoms with Crippen molar-refractivity contribution >= 4 is 28.6 Å². The maximum absolute atomic E-state index is 13.0. The summed E-state index contributed by atoms with van der Waals surface area (Å²) in [6.07, 6.45) is 9.66. The summed E-state index contributed by atoms with van der Waals surface area (Å²) >= 11 is 0. The lowest BCUT2D eigenvalue weighted by atomic mass is 10.1. The van der Waals surface area contributed by atoms with E-state index in [1.54, 1.807) is 24.8 Å². The van der Waals surface area contributed by atoms with E-state index in [4.69, 9.17) is 0 Å². The number of hydrogen-bond donors (Lipinski definition) is 1. The number of aryl methyl sites for hydroxylation is 1. The van der Waals surface area contributed by atoms with Gasteiger partial charge in [0, 0.05) is 68.2 Å². The van der Waals surface area contributed by atoms with Crippen molar-refractivity contribution < 1.29 is 4.79 Å². The third kappa shape index (κ3) is 4.10. The van der Waals surface area contributed by atoms with Crippen LogP contribution in [0.5, 0.6) is 0 Å². The number of hydrogen-bond acceptors (Lipinski definition) is 7. The second-order valence-corrected chi connectivity index (χ2v) is 8.97. The standard InChI is InChI=1S/C25H26N8O/c1-31-16-26-15-22(31)17-2-3-19-14-28-25(29-21(19)12-17)30-24(34)18-6-7-27-23(13-18)33-10-8-32(9-11-33)20-4-5-20/h2-3,6-7,12-16,20H,4-5,8-11H2,1H3,(H,28,29,30,34). The molecule has 0 unspecified atom stereocenters. The Balaban J connectivity index is 1.18. The largest absolute Gasteiger partial charge is 0.354 e. The van der Waals surface area contributed by atoms with E-state index >= 15 is 0 Å². The Morgan fingerprint density at radius 3 is 2.65 bits per heavy atom. The minimum atomic E-state index is -0.248. The molecule has 1 amide bonds. The predicted molar refractivity (Wildman–Crippen MR) is 131 cm³/mol. The number of carbonyl (C=O) groups is 1. The summed E-state index contributed by atoms with van der Waals surface area (Å²) in [7, 11) is 1.95. The van der Waals surface area contributed by atoms with E-state index in [0.29, 0.717) is 5.56 Å². The van der Waals surface area contributed by atoms with Crippen LogP contribution in [0.25, 0.3) is 22.2 Å². The molecule has 2 aliphatic rings. The second kappa shape index (κ2) is 8.49. The first-order valence-electron chi connectivity index (χ1n) is 11.6. The van der Waals surface area contributed by atoms with E-state index in [2.05, 4.69) is 35.1 Å². The van der Waals surface area contributed by atoms with Gasteiger partial charge in [-0.3, -0.25) is 15.0 Å². The fourth-order valence-corrected chi connectivity index (χ4v) is 4.54. The number of nitrogens with zero attached hydrogens (tertiary/aromatic N) is 7. The average Bonchev–Trinajstić information content (AvgIpc) is 3.64. The van der Waals surface area contributed by atoms with Crippen LogP contribution in [0.15, 0.2) is 55.2 Å². The number of carbonyl (C=O) groups excluding carboxylic acids is 1. The van der Waals surface area contributed by atoms with Gasteiger partial charge in [-0.25, -0.2) is 19.9 Å². The van der Waals surface area contributed by atoms with Gasteiger partial charge in [0.1, 0.15) is 5.82 Å². The van der Waals surface area contributed by atoms with Crippen molar-refractivity contribution in [2.24, 2.45) is 7.05 Å². The summed E-state index contributed by atoms with van der Waals surface area (Å²) in [5.74, 6) is 0.863. The SMILES string of the molecule is Cn1cncc1-c1ccc2cnc(NC(=O)c3ccnc(N4CCN(C5CC5)CC4)c3)nc2c1.